The second-order valence-electron chi connectivity index (χ2n) is 3.49. The molecule has 0 N–H and O–H groups in total. The Kier molecular flexibility index (Phi) is 2.80. The van der Waals surface area contributed by atoms with Gasteiger partial charge >= 0.3 is 6.03 Å². The summed E-state index contributed by atoms with van der Waals surface area (Å²) in [5.41, 5.74) is 0.826. The maximum atomic E-state index is 11.7. The molecule has 80 valence electrons. The van der Waals surface area contributed by atoms with Crippen molar-refractivity contribution in [1.29, 1.82) is 0 Å². The molecule has 0 radical (unpaired) electrons. The number of anilines is 1. The molecular formula is C10H11ClN2OS. The van der Waals surface area contributed by atoms with Gasteiger partial charge in [-0.05, 0) is 18.2 Å². The van der Waals surface area contributed by atoms with E-state index < -0.39 is 0 Å². The zero-order valence-electron chi connectivity index (χ0n) is 8.27. The van der Waals surface area contributed by atoms with Crippen LogP contribution in [0, 0.1) is 0 Å². The number of halogens is 1. The normalized spacial score (nSPS) is 16.3. The SMILES string of the molecule is CN1CCN(c2ccc(S)c(Cl)c2)C1=O. The molecule has 1 aromatic rings. The summed E-state index contributed by atoms with van der Waals surface area (Å²) in [6.45, 7) is 1.46. The van der Waals surface area contributed by atoms with Gasteiger partial charge in [0.15, 0.2) is 0 Å². The number of hydrogen-bond acceptors (Lipinski definition) is 2. The van der Waals surface area contributed by atoms with Crippen molar-refractivity contribution in [3.63, 3.8) is 0 Å². The Hall–Kier alpha value is -0.870. The average Bonchev–Trinajstić information content (AvgIpc) is 2.53. The zero-order valence-corrected chi connectivity index (χ0v) is 9.92. The fourth-order valence-electron chi connectivity index (χ4n) is 1.55. The molecule has 3 nitrogen and oxygen atoms in total. The lowest BCUT2D eigenvalue weighted by atomic mass is 10.3. The number of thiol groups is 1. The first-order chi connectivity index (χ1) is 7.09. The highest BCUT2D eigenvalue weighted by atomic mass is 35.5. The molecule has 0 unspecified atom stereocenters. The molecule has 1 saturated heterocycles. The lowest BCUT2D eigenvalue weighted by Gasteiger charge is -2.16. The molecule has 0 aliphatic carbocycles. The summed E-state index contributed by atoms with van der Waals surface area (Å²) in [7, 11) is 1.79. The van der Waals surface area contributed by atoms with Gasteiger partial charge in [0.25, 0.3) is 0 Å². The number of amides is 2. The molecule has 2 rings (SSSR count). The van der Waals surface area contributed by atoms with Gasteiger partial charge in [0.1, 0.15) is 0 Å². The highest BCUT2D eigenvalue weighted by Gasteiger charge is 2.26. The molecular weight excluding hydrogens is 232 g/mol. The fourth-order valence-corrected chi connectivity index (χ4v) is 1.86. The summed E-state index contributed by atoms with van der Waals surface area (Å²) in [4.78, 5) is 15.8. The van der Waals surface area contributed by atoms with Gasteiger partial charge in [-0.2, -0.15) is 0 Å². The molecule has 15 heavy (non-hydrogen) atoms. The largest absolute Gasteiger partial charge is 0.326 e. The smallest absolute Gasteiger partial charge is 0.324 e. The molecule has 0 atom stereocenters. The summed E-state index contributed by atoms with van der Waals surface area (Å²) in [6.07, 6.45) is 0. The van der Waals surface area contributed by atoms with Crippen LogP contribution in [0.5, 0.6) is 0 Å². The van der Waals surface area contributed by atoms with Crippen molar-refractivity contribution in [2.75, 3.05) is 25.0 Å². The predicted octanol–water partition coefficient (Wildman–Crippen LogP) is 2.50. The van der Waals surface area contributed by atoms with E-state index in [1.165, 1.54) is 0 Å². The maximum Gasteiger partial charge on any atom is 0.324 e. The van der Waals surface area contributed by atoms with Gasteiger partial charge in [0, 0.05) is 30.7 Å². The molecule has 1 aliphatic rings. The minimum absolute atomic E-state index is 0.0120. The number of carbonyl (C=O) groups excluding carboxylic acids is 1. The summed E-state index contributed by atoms with van der Waals surface area (Å²) in [6, 6.07) is 5.43. The monoisotopic (exact) mass is 242 g/mol. The van der Waals surface area contributed by atoms with Gasteiger partial charge in [0.2, 0.25) is 0 Å². The fraction of sp³-hybridized carbons (Fsp3) is 0.300. The van der Waals surface area contributed by atoms with Gasteiger partial charge in [-0.25, -0.2) is 4.79 Å². The molecule has 2 amide bonds. The number of rotatable bonds is 1. The lowest BCUT2D eigenvalue weighted by molar-refractivity contribution is 0.229. The van der Waals surface area contributed by atoms with Crippen LogP contribution in [0.2, 0.25) is 5.02 Å². The minimum atomic E-state index is 0.0120. The Bertz CT molecular complexity index is 410. The van der Waals surface area contributed by atoms with E-state index in [9.17, 15) is 4.79 Å². The molecule has 5 heteroatoms. The maximum absolute atomic E-state index is 11.7. The standard InChI is InChI=1S/C10H11ClN2OS/c1-12-4-5-13(10(12)14)7-2-3-9(15)8(11)6-7/h2-3,6,15H,4-5H2,1H3. The van der Waals surface area contributed by atoms with Gasteiger partial charge in [-0.1, -0.05) is 11.6 Å². The van der Waals surface area contributed by atoms with E-state index in [4.69, 9.17) is 11.6 Å². The molecule has 0 spiro atoms. The molecule has 0 saturated carbocycles. The number of hydrogen-bond donors (Lipinski definition) is 1. The molecule has 1 heterocycles. The number of carbonyl (C=O) groups is 1. The van der Waals surface area contributed by atoms with Crippen LogP contribution < -0.4 is 4.90 Å². The number of likely N-dealkylation sites (N-methyl/N-ethyl adjacent to an activating group) is 1. The Balaban J connectivity index is 2.31. The summed E-state index contributed by atoms with van der Waals surface area (Å²) < 4.78 is 0. The van der Waals surface area contributed by atoms with Crippen molar-refractivity contribution in [2.24, 2.45) is 0 Å². The van der Waals surface area contributed by atoms with E-state index in [2.05, 4.69) is 12.6 Å². The molecule has 0 aromatic heterocycles. The Morgan fingerprint density at radius 1 is 1.40 bits per heavy atom. The second kappa shape index (κ2) is 3.94. The van der Waals surface area contributed by atoms with E-state index in [1.807, 2.05) is 6.07 Å². The lowest BCUT2D eigenvalue weighted by Crippen LogP contribution is -2.29. The minimum Gasteiger partial charge on any atom is -0.326 e. The average molecular weight is 243 g/mol. The molecule has 1 aliphatic heterocycles. The Labute approximate surface area is 99.0 Å². The second-order valence-corrected chi connectivity index (χ2v) is 4.38. The van der Waals surface area contributed by atoms with Crippen molar-refractivity contribution in [3.8, 4) is 0 Å². The molecule has 1 fully saturated rings. The van der Waals surface area contributed by atoms with Crippen LogP contribution in [0.15, 0.2) is 23.1 Å². The van der Waals surface area contributed by atoms with Crippen molar-refractivity contribution in [3.05, 3.63) is 23.2 Å². The predicted molar refractivity (Wildman–Crippen MR) is 64.1 cm³/mol. The van der Waals surface area contributed by atoms with Crippen LogP contribution >= 0.6 is 24.2 Å². The quantitative estimate of drug-likeness (QED) is 0.752. The first kappa shape index (κ1) is 10.6. The van der Waals surface area contributed by atoms with Crippen LogP contribution in [0.4, 0.5) is 10.5 Å². The number of urea groups is 1. The van der Waals surface area contributed by atoms with Crippen molar-refractivity contribution >= 4 is 35.9 Å². The van der Waals surface area contributed by atoms with Crippen molar-refractivity contribution in [2.45, 2.75) is 4.90 Å². The number of nitrogens with zero attached hydrogens (tertiary/aromatic N) is 2. The van der Waals surface area contributed by atoms with Crippen LogP contribution in [0.3, 0.4) is 0 Å². The molecule has 1 aromatic carbocycles. The first-order valence-electron chi connectivity index (χ1n) is 4.61. The van der Waals surface area contributed by atoms with Crippen molar-refractivity contribution < 1.29 is 4.79 Å². The first-order valence-corrected chi connectivity index (χ1v) is 5.43. The molecule has 0 bridgehead atoms. The van der Waals surface area contributed by atoms with E-state index in [0.717, 1.165) is 17.1 Å². The zero-order chi connectivity index (χ0) is 11.0. The van der Waals surface area contributed by atoms with E-state index >= 15 is 0 Å². The highest BCUT2D eigenvalue weighted by molar-refractivity contribution is 7.80. The highest BCUT2D eigenvalue weighted by Crippen LogP contribution is 2.27. The van der Waals surface area contributed by atoms with Crippen LogP contribution in [0.25, 0.3) is 0 Å². The van der Waals surface area contributed by atoms with E-state index in [-0.39, 0.29) is 6.03 Å². The Morgan fingerprint density at radius 3 is 2.67 bits per heavy atom. The Morgan fingerprint density at radius 2 is 2.13 bits per heavy atom. The van der Waals surface area contributed by atoms with Gasteiger partial charge in [0.05, 0.1) is 5.02 Å². The third-order valence-corrected chi connectivity index (χ3v) is 3.29. The summed E-state index contributed by atoms with van der Waals surface area (Å²) in [5.74, 6) is 0. The third kappa shape index (κ3) is 1.92. The number of benzene rings is 1. The van der Waals surface area contributed by atoms with E-state index in [1.54, 1.807) is 29.0 Å². The van der Waals surface area contributed by atoms with Gasteiger partial charge in [-0.15, -0.1) is 12.6 Å². The van der Waals surface area contributed by atoms with Gasteiger partial charge < -0.3 is 4.90 Å². The summed E-state index contributed by atoms with van der Waals surface area (Å²) in [5, 5.41) is 0.568. The third-order valence-electron chi connectivity index (χ3n) is 2.46. The summed E-state index contributed by atoms with van der Waals surface area (Å²) >= 11 is 10.1. The van der Waals surface area contributed by atoms with Crippen LogP contribution in [-0.4, -0.2) is 31.1 Å². The van der Waals surface area contributed by atoms with Crippen molar-refractivity contribution in [1.82, 2.24) is 4.90 Å². The van der Waals surface area contributed by atoms with E-state index in [0.29, 0.717) is 11.6 Å². The topological polar surface area (TPSA) is 23.6 Å². The van der Waals surface area contributed by atoms with Crippen LogP contribution in [0.1, 0.15) is 0 Å². The van der Waals surface area contributed by atoms with Crippen LogP contribution in [-0.2, 0) is 0 Å². The van der Waals surface area contributed by atoms with Gasteiger partial charge in [-0.3, -0.25) is 4.90 Å².